The molecule has 0 aliphatic heterocycles. The molecule has 96 valence electrons. The topological polar surface area (TPSA) is 72.2 Å². The zero-order valence-electron chi connectivity index (χ0n) is 8.85. The predicted molar refractivity (Wildman–Crippen MR) is 70.9 cm³/mol. The number of sulfonamides is 1. The number of nitrogens with two attached hydrogens (primary N) is 1. The first-order chi connectivity index (χ1) is 8.37. The largest absolute Gasteiger partial charge is 0.398 e. The second-order valence-electron chi connectivity index (χ2n) is 3.46. The molecule has 0 radical (unpaired) electrons. The molecule has 0 saturated carbocycles. The minimum absolute atomic E-state index is 0.0559. The van der Waals surface area contributed by atoms with Crippen molar-refractivity contribution in [2.75, 3.05) is 10.5 Å². The summed E-state index contributed by atoms with van der Waals surface area (Å²) in [5.41, 5.74) is 5.87. The van der Waals surface area contributed by atoms with Gasteiger partial charge in [0.15, 0.2) is 0 Å². The molecule has 0 fully saturated rings. The maximum Gasteiger partial charge on any atom is 0.271 e. The van der Waals surface area contributed by atoms with Gasteiger partial charge >= 0.3 is 0 Å². The minimum Gasteiger partial charge on any atom is -0.398 e. The molecule has 1 heterocycles. The SMILES string of the molecule is Nc1csc(S(=O)(=O)Nc2cc(F)cc(Cl)c2)c1. The van der Waals surface area contributed by atoms with Crippen molar-refractivity contribution < 1.29 is 12.8 Å². The van der Waals surface area contributed by atoms with Crippen LogP contribution in [-0.4, -0.2) is 8.42 Å². The average Bonchev–Trinajstić information content (AvgIpc) is 2.62. The van der Waals surface area contributed by atoms with Crippen LogP contribution in [0.15, 0.2) is 33.9 Å². The summed E-state index contributed by atoms with van der Waals surface area (Å²) in [5, 5.41) is 1.62. The first-order valence-corrected chi connectivity index (χ1v) is 7.44. The van der Waals surface area contributed by atoms with Crippen LogP contribution in [-0.2, 0) is 10.0 Å². The average molecular weight is 307 g/mol. The summed E-state index contributed by atoms with van der Waals surface area (Å²) in [7, 11) is -3.76. The second-order valence-corrected chi connectivity index (χ2v) is 6.72. The van der Waals surface area contributed by atoms with Gasteiger partial charge in [0, 0.05) is 16.1 Å². The fourth-order valence-corrected chi connectivity index (χ4v) is 3.63. The quantitative estimate of drug-likeness (QED) is 0.916. The van der Waals surface area contributed by atoms with Gasteiger partial charge in [-0.05, 0) is 24.3 Å². The van der Waals surface area contributed by atoms with Crippen LogP contribution in [0.4, 0.5) is 15.8 Å². The van der Waals surface area contributed by atoms with E-state index in [2.05, 4.69) is 4.72 Å². The lowest BCUT2D eigenvalue weighted by Gasteiger charge is -2.06. The zero-order valence-corrected chi connectivity index (χ0v) is 11.2. The normalized spacial score (nSPS) is 11.4. The molecule has 0 atom stereocenters. The summed E-state index contributed by atoms with van der Waals surface area (Å²) in [4.78, 5) is 0. The van der Waals surface area contributed by atoms with E-state index in [9.17, 15) is 12.8 Å². The van der Waals surface area contributed by atoms with Crippen LogP contribution in [0, 0.1) is 5.82 Å². The highest BCUT2D eigenvalue weighted by molar-refractivity contribution is 7.94. The number of halogens is 2. The molecule has 0 aliphatic rings. The molecule has 4 nitrogen and oxygen atoms in total. The van der Waals surface area contributed by atoms with Crippen molar-refractivity contribution in [2.45, 2.75) is 4.21 Å². The zero-order chi connectivity index (χ0) is 13.3. The number of nitrogens with one attached hydrogen (secondary N) is 1. The van der Waals surface area contributed by atoms with Gasteiger partial charge in [0.25, 0.3) is 10.0 Å². The summed E-state index contributed by atoms with van der Waals surface area (Å²) < 4.78 is 39.2. The molecular formula is C10H8ClFN2O2S2. The smallest absolute Gasteiger partial charge is 0.271 e. The summed E-state index contributed by atoms with van der Waals surface area (Å²) in [5.74, 6) is -0.620. The molecule has 1 aromatic heterocycles. The molecule has 0 aliphatic carbocycles. The van der Waals surface area contributed by atoms with Gasteiger partial charge < -0.3 is 5.73 Å². The van der Waals surface area contributed by atoms with Gasteiger partial charge in [-0.25, -0.2) is 12.8 Å². The molecule has 0 saturated heterocycles. The molecule has 18 heavy (non-hydrogen) atoms. The fraction of sp³-hybridized carbons (Fsp3) is 0. The monoisotopic (exact) mass is 306 g/mol. The highest BCUT2D eigenvalue weighted by atomic mass is 35.5. The van der Waals surface area contributed by atoms with Gasteiger partial charge in [-0.3, -0.25) is 4.72 Å². The number of rotatable bonds is 3. The Morgan fingerprint density at radius 2 is 2.00 bits per heavy atom. The molecule has 2 aromatic rings. The number of hydrogen-bond acceptors (Lipinski definition) is 4. The summed E-state index contributed by atoms with van der Waals surface area (Å²) in [6.45, 7) is 0. The van der Waals surface area contributed by atoms with E-state index in [1.807, 2.05) is 0 Å². The van der Waals surface area contributed by atoms with E-state index >= 15 is 0 Å². The van der Waals surface area contributed by atoms with Crippen LogP contribution < -0.4 is 10.5 Å². The van der Waals surface area contributed by atoms with E-state index in [1.165, 1.54) is 17.5 Å². The Balaban J connectivity index is 2.33. The molecule has 1 aromatic carbocycles. The minimum atomic E-state index is -3.76. The highest BCUT2D eigenvalue weighted by Gasteiger charge is 2.17. The number of thiophene rings is 1. The van der Waals surface area contributed by atoms with Gasteiger partial charge in [-0.1, -0.05) is 11.6 Å². The lowest BCUT2D eigenvalue weighted by atomic mass is 10.3. The van der Waals surface area contributed by atoms with Gasteiger partial charge in [-0.2, -0.15) is 0 Å². The third-order valence-electron chi connectivity index (χ3n) is 1.98. The van der Waals surface area contributed by atoms with E-state index in [4.69, 9.17) is 17.3 Å². The Morgan fingerprint density at radius 3 is 2.56 bits per heavy atom. The van der Waals surface area contributed by atoms with Crippen molar-refractivity contribution in [3.63, 3.8) is 0 Å². The van der Waals surface area contributed by atoms with Gasteiger partial charge in [0.05, 0.1) is 5.69 Å². The van der Waals surface area contributed by atoms with Crippen molar-refractivity contribution in [2.24, 2.45) is 0 Å². The summed E-state index contributed by atoms with van der Waals surface area (Å²) in [6.07, 6.45) is 0. The van der Waals surface area contributed by atoms with Crippen LogP contribution in [0.3, 0.4) is 0 Å². The molecular weight excluding hydrogens is 299 g/mol. The van der Waals surface area contributed by atoms with Crippen molar-refractivity contribution in [3.05, 3.63) is 40.5 Å². The maximum atomic E-state index is 13.1. The van der Waals surface area contributed by atoms with Crippen molar-refractivity contribution in [3.8, 4) is 0 Å². The summed E-state index contributed by atoms with van der Waals surface area (Å²) >= 11 is 6.62. The highest BCUT2D eigenvalue weighted by Crippen LogP contribution is 2.25. The molecule has 0 unspecified atom stereocenters. The molecule has 3 N–H and O–H groups in total. The van der Waals surface area contributed by atoms with E-state index in [1.54, 1.807) is 0 Å². The molecule has 0 bridgehead atoms. The van der Waals surface area contributed by atoms with Crippen LogP contribution >= 0.6 is 22.9 Å². The third kappa shape index (κ3) is 2.92. The standard InChI is InChI=1S/C10H8ClFN2O2S2/c11-6-1-7(12)3-9(2-6)14-18(15,16)10-4-8(13)5-17-10/h1-5,14H,13H2. The van der Waals surface area contributed by atoms with Crippen LogP contribution in [0.5, 0.6) is 0 Å². The number of hydrogen-bond donors (Lipinski definition) is 2. The Kier molecular flexibility index (Phi) is 3.47. The molecule has 0 spiro atoms. The molecule has 8 heteroatoms. The number of anilines is 2. The Labute approximate surface area is 112 Å². The van der Waals surface area contributed by atoms with Crippen molar-refractivity contribution >= 4 is 44.3 Å². The second kappa shape index (κ2) is 4.75. The van der Waals surface area contributed by atoms with E-state index in [0.29, 0.717) is 5.69 Å². The molecule has 2 rings (SSSR count). The fourth-order valence-electron chi connectivity index (χ4n) is 1.29. The number of benzene rings is 1. The van der Waals surface area contributed by atoms with E-state index in [0.717, 1.165) is 23.5 Å². The van der Waals surface area contributed by atoms with Gasteiger partial charge in [-0.15, -0.1) is 11.3 Å². The third-order valence-corrected chi connectivity index (χ3v) is 5.03. The van der Waals surface area contributed by atoms with Crippen molar-refractivity contribution in [1.82, 2.24) is 0 Å². The van der Waals surface area contributed by atoms with E-state index in [-0.39, 0.29) is 14.9 Å². The maximum absolute atomic E-state index is 13.1. The van der Waals surface area contributed by atoms with Crippen LogP contribution in [0.25, 0.3) is 0 Å². The Morgan fingerprint density at radius 1 is 1.28 bits per heavy atom. The first-order valence-electron chi connectivity index (χ1n) is 4.70. The molecule has 0 amide bonds. The lowest BCUT2D eigenvalue weighted by molar-refractivity contribution is 0.603. The number of nitrogen functional groups attached to an aromatic ring is 1. The Hall–Kier alpha value is -1.31. The summed E-state index contributed by atoms with van der Waals surface area (Å²) in [6, 6.07) is 4.77. The Bertz CT molecular complexity index is 665. The van der Waals surface area contributed by atoms with Crippen LogP contribution in [0.2, 0.25) is 5.02 Å². The van der Waals surface area contributed by atoms with Crippen LogP contribution in [0.1, 0.15) is 0 Å². The van der Waals surface area contributed by atoms with E-state index < -0.39 is 15.8 Å². The van der Waals surface area contributed by atoms with Crippen molar-refractivity contribution in [1.29, 1.82) is 0 Å². The van der Waals surface area contributed by atoms with Gasteiger partial charge in [0.2, 0.25) is 0 Å². The first kappa shape index (κ1) is 13.1. The lowest BCUT2D eigenvalue weighted by Crippen LogP contribution is -2.11. The van der Waals surface area contributed by atoms with Gasteiger partial charge in [0.1, 0.15) is 10.0 Å². The predicted octanol–water partition coefficient (Wildman–Crippen LogP) is 2.92.